The van der Waals surface area contributed by atoms with Gasteiger partial charge in [0.2, 0.25) is 0 Å². The van der Waals surface area contributed by atoms with Gasteiger partial charge in [-0.2, -0.15) is 0 Å². The Balaban J connectivity index is 2.02. The Bertz CT molecular complexity index is 548. The van der Waals surface area contributed by atoms with Gasteiger partial charge < -0.3 is 15.7 Å². The number of benzene rings is 1. The lowest BCUT2D eigenvalue weighted by Gasteiger charge is -2.29. The Labute approximate surface area is 122 Å². The van der Waals surface area contributed by atoms with Crippen molar-refractivity contribution in [1.82, 2.24) is 5.32 Å². The molecule has 2 atom stereocenters. The van der Waals surface area contributed by atoms with E-state index < -0.39 is 17.8 Å². The fourth-order valence-corrected chi connectivity index (χ4v) is 2.61. The Kier molecular flexibility index (Phi) is 4.77. The second-order valence-corrected chi connectivity index (χ2v) is 5.47. The van der Waals surface area contributed by atoms with Crippen LogP contribution in [0.4, 0.5) is 14.9 Å². The molecule has 0 aromatic heterocycles. The van der Waals surface area contributed by atoms with Gasteiger partial charge in [0, 0.05) is 6.04 Å². The Morgan fingerprint density at radius 2 is 2.00 bits per heavy atom. The third kappa shape index (κ3) is 3.93. The van der Waals surface area contributed by atoms with Crippen molar-refractivity contribution in [3.05, 3.63) is 29.6 Å². The van der Waals surface area contributed by atoms with Crippen molar-refractivity contribution in [2.75, 3.05) is 5.32 Å². The van der Waals surface area contributed by atoms with Crippen LogP contribution in [0.5, 0.6) is 0 Å². The molecule has 3 N–H and O–H groups in total. The van der Waals surface area contributed by atoms with Gasteiger partial charge in [0.15, 0.2) is 0 Å². The number of urea groups is 1. The van der Waals surface area contributed by atoms with Crippen molar-refractivity contribution >= 4 is 17.7 Å². The highest BCUT2D eigenvalue weighted by Gasteiger charge is 2.23. The minimum absolute atomic E-state index is 0.0715. The fourth-order valence-electron chi connectivity index (χ4n) is 2.61. The lowest BCUT2D eigenvalue weighted by Crippen LogP contribution is -2.43. The summed E-state index contributed by atoms with van der Waals surface area (Å²) in [4.78, 5) is 22.8. The number of amides is 2. The Morgan fingerprint density at radius 1 is 1.29 bits per heavy atom. The first-order chi connectivity index (χ1) is 9.97. The van der Waals surface area contributed by atoms with Crippen LogP contribution in [-0.2, 0) is 0 Å². The van der Waals surface area contributed by atoms with E-state index in [9.17, 15) is 14.0 Å². The minimum atomic E-state index is -1.17. The van der Waals surface area contributed by atoms with Gasteiger partial charge in [-0.3, -0.25) is 0 Å². The molecule has 2 rings (SSSR count). The standard InChI is InChI=1S/C15H19FN2O3/c1-9-4-2-3-5-12(9)17-15(21)18-13-8-10(14(19)20)6-7-11(13)16/h6-9,12H,2-5H2,1H3,(H,19,20)(H2,17,18,21). The van der Waals surface area contributed by atoms with Crippen LogP contribution in [0.3, 0.4) is 0 Å². The number of hydrogen-bond acceptors (Lipinski definition) is 2. The zero-order chi connectivity index (χ0) is 15.4. The van der Waals surface area contributed by atoms with Crippen molar-refractivity contribution in [2.24, 2.45) is 5.92 Å². The second kappa shape index (κ2) is 6.56. The maximum Gasteiger partial charge on any atom is 0.335 e. The third-order valence-corrected chi connectivity index (χ3v) is 3.89. The summed E-state index contributed by atoms with van der Waals surface area (Å²) in [6.45, 7) is 2.08. The van der Waals surface area contributed by atoms with E-state index in [-0.39, 0.29) is 17.3 Å². The molecule has 0 heterocycles. The van der Waals surface area contributed by atoms with Crippen LogP contribution in [0, 0.1) is 11.7 Å². The van der Waals surface area contributed by atoms with E-state index in [2.05, 4.69) is 17.6 Å². The quantitative estimate of drug-likeness (QED) is 0.801. The Morgan fingerprint density at radius 3 is 2.67 bits per heavy atom. The molecule has 1 aromatic carbocycles. The first-order valence-electron chi connectivity index (χ1n) is 7.07. The molecule has 1 fully saturated rings. The van der Waals surface area contributed by atoms with Crippen molar-refractivity contribution in [3.8, 4) is 0 Å². The SMILES string of the molecule is CC1CCCCC1NC(=O)Nc1cc(C(=O)O)ccc1F. The predicted molar refractivity (Wildman–Crippen MR) is 76.9 cm³/mol. The summed E-state index contributed by atoms with van der Waals surface area (Å²) in [7, 11) is 0. The maximum atomic E-state index is 13.6. The number of anilines is 1. The first kappa shape index (κ1) is 15.3. The molecule has 0 spiro atoms. The van der Waals surface area contributed by atoms with Gasteiger partial charge in [-0.1, -0.05) is 19.8 Å². The summed E-state index contributed by atoms with van der Waals surface area (Å²) in [5, 5.41) is 14.1. The number of carboxylic acid groups (broad SMARTS) is 1. The normalized spacial score (nSPS) is 21.6. The van der Waals surface area contributed by atoms with Gasteiger partial charge in [-0.05, 0) is 37.0 Å². The van der Waals surface area contributed by atoms with Gasteiger partial charge in [0.25, 0.3) is 0 Å². The number of carbonyl (C=O) groups is 2. The lowest BCUT2D eigenvalue weighted by molar-refractivity contribution is 0.0697. The lowest BCUT2D eigenvalue weighted by atomic mass is 9.86. The molecule has 1 saturated carbocycles. The van der Waals surface area contributed by atoms with E-state index >= 15 is 0 Å². The Hall–Kier alpha value is -2.11. The molecule has 114 valence electrons. The largest absolute Gasteiger partial charge is 0.478 e. The molecule has 2 unspecified atom stereocenters. The summed E-state index contributed by atoms with van der Waals surface area (Å²) in [6.07, 6.45) is 4.20. The molecule has 0 bridgehead atoms. The average Bonchev–Trinajstić information content (AvgIpc) is 2.43. The molecule has 1 aliphatic carbocycles. The molecular formula is C15H19FN2O3. The van der Waals surface area contributed by atoms with E-state index in [0.717, 1.165) is 43.9 Å². The number of carboxylic acids is 1. The van der Waals surface area contributed by atoms with Gasteiger partial charge in [-0.25, -0.2) is 14.0 Å². The van der Waals surface area contributed by atoms with Crippen molar-refractivity contribution in [3.63, 3.8) is 0 Å². The molecule has 1 aromatic rings. The first-order valence-corrected chi connectivity index (χ1v) is 7.07. The number of rotatable bonds is 3. The topological polar surface area (TPSA) is 78.4 Å². The molecule has 0 saturated heterocycles. The molecule has 0 aliphatic heterocycles. The number of aromatic carboxylic acids is 1. The van der Waals surface area contributed by atoms with E-state index in [0.29, 0.717) is 5.92 Å². The molecule has 1 aliphatic rings. The van der Waals surface area contributed by atoms with Crippen LogP contribution < -0.4 is 10.6 Å². The smallest absolute Gasteiger partial charge is 0.335 e. The zero-order valence-corrected chi connectivity index (χ0v) is 11.9. The van der Waals surface area contributed by atoms with Crippen molar-refractivity contribution < 1.29 is 19.1 Å². The molecule has 5 nitrogen and oxygen atoms in total. The number of carbonyl (C=O) groups excluding carboxylic acids is 1. The summed E-state index contributed by atoms with van der Waals surface area (Å²) < 4.78 is 13.6. The zero-order valence-electron chi connectivity index (χ0n) is 11.9. The summed E-state index contributed by atoms with van der Waals surface area (Å²) in [5.41, 5.74) is -0.200. The monoisotopic (exact) mass is 294 g/mol. The van der Waals surface area contributed by atoms with Gasteiger partial charge in [-0.15, -0.1) is 0 Å². The van der Waals surface area contributed by atoms with E-state index in [1.54, 1.807) is 0 Å². The fraction of sp³-hybridized carbons (Fsp3) is 0.467. The van der Waals surface area contributed by atoms with Gasteiger partial charge in [0.1, 0.15) is 5.82 Å². The summed E-state index contributed by atoms with van der Waals surface area (Å²) in [5.74, 6) is -1.44. The third-order valence-electron chi connectivity index (χ3n) is 3.89. The number of halogens is 1. The molecule has 21 heavy (non-hydrogen) atoms. The molecular weight excluding hydrogens is 275 g/mol. The summed E-state index contributed by atoms with van der Waals surface area (Å²) >= 11 is 0. The van der Waals surface area contributed by atoms with E-state index in [1.165, 1.54) is 0 Å². The van der Waals surface area contributed by atoms with E-state index in [4.69, 9.17) is 5.11 Å². The average molecular weight is 294 g/mol. The van der Waals surface area contributed by atoms with Crippen LogP contribution >= 0.6 is 0 Å². The second-order valence-electron chi connectivity index (χ2n) is 5.47. The molecule has 6 heteroatoms. The number of hydrogen-bond donors (Lipinski definition) is 3. The molecule has 0 radical (unpaired) electrons. The van der Waals surface area contributed by atoms with Gasteiger partial charge >= 0.3 is 12.0 Å². The van der Waals surface area contributed by atoms with Crippen LogP contribution in [0.2, 0.25) is 0 Å². The highest BCUT2D eigenvalue weighted by atomic mass is 19.1. The van der Waals surface area contributed by atoms with Crippen LogP contribution in [-0.4, -0.2) is 23.1 Å². The molecule has 2 amide bonds. The van der Waals surface area contributed by atoms with Crippen molar-refractivity contribution in [1.29, 1.82) is 0 Å². The van der Waals surface area contributed by atoms with Crippen LogP contribution in [0.15, 0.2) is 18.2 Å². The van der Waals surface area contributed by atoms with Crippen LogP contribution in [0.1, 0.15) is 43.0 Å². The highest BCUT2D eigenvalue weighted by Crippen LogP contribution is 2.24. The van der Waals surface area contributed by atoms with Crippen molar-refractivity contribution in [2.45, 2.75) is 38.6 Å². The van der Waals surface area contributed by atoms with Gasteiger partial charge in [0.05, 0.1) is 11.3 Å². The maximum absolute atomic E-state index is 13.6. The minimum Gasteiger partial charge on any atom is -0.478 e. The summed E-state index contributed by atoms with van der Waals surface area (Å²) in [6, 6.07) is 2.87. The van der Waals surface area contributed by atoms with Crippen LogP contribution in [0.25, 0.3) is 0 Å². The number of nitrogens with one attached hydrogen (secondary N) is 2. The predicted octanol–water partition coefficient (Wildman–Crippen LogP) is 3.22. The highest BCUT2D eigenvalue weighted by molar-refractivity contribution is 5.93. The van der Waals surface area contributed by atoms with E-state index in [1.807, 2.05) is 0 Å².